The maximum atomic E-state index is 12.6. The zero-order valence-electron chi connectivity index (χ0n) is 13.6. The second-order valence-electron chi connectivity index (χ2n) is 5.79. The fourth-order valence-electron chi connectivity index (χ4n) is 2.34. The van der Waals surface area contributed by atoms with Crippen LogP contribution in [0.2, 0.25) is 5.02 Å². The molecule has 1 aliphatic carbocycles. The predicted octanol–water partition coefficient (Wildman–Crippen LogP) is 4.14. The summed E-state index contributed by atoms with van der Waals surface area (Å²) in [6.45, 7) is 0. The molecule has 0 saturated heterocycles. The molecule has 136 valence electrons. The van der Waals surface area contributed by atoms with Crippen molar-refractivity contribution >= 4 is 38.6 Å². The van der Waals surface area contributed by atoms with Gasteiger partial charge in [0.15, 0.2) is 0 Å². The topological polar surface area (TPSA) is 94.3 Å². The Balaban J connectivity index is 1.56. The number of methoxy groups -OCH3 is 1. The van der Waals surface area contributed by atoms with Crippen LogP contribution in [-0.4, -0.2) is 25.7 Å². The molecular formula is C16H14ClN3O4S2. The predicted molar refractivity (Wildman–Crippen MR) is 98.4 cm³/mol. The van der Waals surface area contributed by atoms with Crippen molar-refractivity contribution in [2.45, 2.75) is 23.0 Å². The number of hydrogen-bond acceptors (Lipinski definition) is 7. The molecule has 0 amide bonds. The summed E-state index contributed by atoms with van der Waals surface area (Å²) in [5.74, 6) is 1.77. The summed E-state index contributed by atoms with van der Waals surface area (Å²) in [7, 11) is -2.26. The van der Waals surface area contributed by atoms with E-state index in [4.69, 9.17) is 20.8 Å². The highest BCUT2D eigenvalue weighted by molar-refractivity contribution is 7.94. The third-order valence-electron chi connectivity index (χ3n) is 3.83. The van der Waals surface area contributed by atoms with Crippen molar-refractivity contribution in [3.8, 4) is 16.5 Å². The summed E-state index contributed by atoms with van der Waals surface area (Å²) >= 11 is 7.10. The van der Waals surface area contributed by atoms with Crippen molar-refractivity contribution in [2.75, 3.05) is 11.8 Å². The molecular weight excluding hydrogens is 398 g/mol. The van der Waals surface area contributed by atoms with Crippen LogP contribution in [0.25, 0.3) is 10.8 Å². The molecule has 0 aliphatic heterocycles. The molecule has 1 aromatic carbocycles. The number of aromatic nitrogens is 2. The molecule has 0 radical (unpaired) electrons. The van der Waals surface area contributed by atoms with E-state index in [0.29, 0.717) is 39.0 Å². The average molecular weight is 412 g/mol. The van der Waals surface area contributed by atoms with Gasteiger partial charge in [0.1, 0.15) is 9.96 Å². The van der Waals surface area contributed by atoms with Crippen molar-refractivity contribution in [3.63, 3.8) is 0 Å². The Bertz CT molecular complexity index is 1060. The van der Waals surface area contributed by atoms with Gasteiger partial charge in [0, 0.05) is 5.92 Å². The first kappa shape index (κ1) is 17.3. The van der Waals surface area contributed by atoms with Gasteiger partial charge in [0.05, 0.1) is 22.7 Å². The normalized spacial score (nSPS) is 14.4. The standard InChI is InChI=1S/C16H14ClN3O4S2/c1-23-12-5-4-10(8-11(12)17)20-26(21,22)14-7-6-13(25-14)16-19-18-15(24-16)9-2-3-9/h4-9,20H,2-3H2,1H3. The lowest BCUT2D eigenvalue weighted by molar-refractivity contribution is 0.415. The maximum Gasteiger partial charge on any atom is 0.271 e. The summed E-state index contributed by atoms with van der Waals surface area (Å²) in [5.41, 5.74) is 0.347. The number of sulfonamides is 1. The van der Waals surface area contributed by atoms with E-state index >= 15 is 0 Å². The minimum atomic E-state index is -3.75. The quantitative estimate of drug-likeness (QED) is 0.655. The largest absolute Gasteiger partial charge is 0.495 e. The van der Waals surface area contributed by atoms with Crippen LogP contribution in [0.3, 0.4) is 0 Å². The first-order valence-electron chi connectivity index (χ1n) is 7.76. The van der Waals surface area contributed by atoms with Crippen LogP contribution in [0.1, 0.15) is 24.7 Å². The van der Waals surface area contributed by atoms with Gasteiger partial charge in [-0.05, 0) is 43.2 Å². The fraction of sp³-hybridized carbons (Fsp3) is 0.250. The number of hydrogen-bond donors (Lipinski definition) is 1. The van der Waals surface area contributed by atoms with Crippen LogP contribution in [0, 0.1) is 0 Å². The average Bonchev–Trinajstić information content (AvgIpc) is 3.12. The van der Waals surface area contributed by atoms with E-state index in [2.05, 4.69) is 14.9 Å². The fourth-order valence-corrected chi connectivity index (χ4v) is 4.88. The van der Waals surface area contributed by atoms with Gasteiger partial charge in [0.2, 0.25) is 5.89 Å². The molecule has 4 rings (SSSR count). The maximum absolute atomic E-state index is 12.6. The number of thiophene rings is 1. The Hall–Kier alpha value is -2.10. The van der Waals surface area contributed by atoms with Crippen molar-refractivity contribution in [1.82, 2.24) is 10.2 Å². The van der Waals surface area contributed by atoms with Crippen molar-refractivity contribution in [1.29, 1.82) is 0 Å². The molecule has 1 saturated carbocycles. The van der Waals surface area contributed by atoms with Gasteiger partial charge in [-0.2, -0.15) is 0 Å². The van der Waals surface area contributed by atoms with Crippen LogP contribution in [-0.2, 0) is 10.0 Å². The Morgan fingerprint density at radius 2 is 2.08 bits per heavy atom. The van der Waals surface area contributed by atoms with Crippen LogP contribution < -0.4 is 9.46 Å². The van der Waals surface area contributed by atoms with Crippen molar-refractivity contribution < 1.29 is 17.6 Å². The van der Waals surface area contributed by atoms with Gasteiger partial charge in [-0.15, -0.1) is 21.5 Å². The first-order chi connectivity index (χ1) is 12.5. The minimum absolute atomic E-state index is 0.144. The summed E-state index contributed by atoms with van der Waals surface area (Å²) in [5, 5.41) is 8.34. The SMILES string of the molecule is COc1ccc(NS(=O)(=O)c2ccc(-c3nnc(C4CC4)o3)s2)cc1Cl. The summed E-state index contributed by atoms with van der Waals surface area (Å²) in [6, 6.07) is 7.83. The molecule has 26 heavy (non-hydrogen) atoms. The van der Waals surface area contributed by atoms with Gasteiger partial charge >= 0.3 is 0 Å². The zero-order valence-corrected chi connectivity index (χ0v) is 16.0. The number of rotatable bonds is 6. The molecule has 1 fully saturated rings. The third kappa shape index (κ3) is 3.42. The summed E-state index contributed by atoms with van der Waals surface area (Å²) < 4.78 is 38.5. The lowest BCUT2D eigenvalue weighted by atomic mass is 10.3. The number of anilines is 1. The highest BCUT2D eigenvalue weighted by atomic mass is 35.5. The lowest BCUT2D eigenvalue weighted by Crippen LogP contribution is -2.11. The Morgan fingerprint density at radius 1 is 1.27 bits per heavy atom. The number of nitrogens with one attached hydrogen (secondary N) is 1. The summed E-state index contributed by atoms with van der Waals surface area (Å²) in [4.78, 5) is 0.609. The van der Waals surface area contributed by atoms with Gasteiger partial charge in [-0.1, -0.05) is 11.6 Å². The molecule has 0 unspecified atom stereocenters. The number of benzene rings is 1. The second kappa shape index (κ2) is 6.57. The molecule has 10 heteroatoms. The van der Waals surface area contributed by atoms with Crippen LogP contribution in [0.4, 0.5) is 5.69 Å². The van der Waals surface area contributed by atoms with Crippen LogP contribution in [0.15, 0.2) is 39.0 Å². The Morgan fingerprint density at radius 3 is 2.77 bits per heavy atom. The molecule has 0 atom stereocenters. The van der Waals surface area contributed by atoms with Crippen molar-refractivity contribution in [3.05, 3.63) is 41.2 Å². The monoisotopic (exact) mass is 411 g/mol. The number of halogens is 1. The molecule has 3 aromatic rings. The lowest BCUT2D eigenvalue weighted by Gasteiger charge is -2.08. The smallest absolute Gasteiger partial charge is 0.271 e. The highest BCUT2D eigenvalue weighted by Gasteiger charge is 2.30. The van der Waals surface area contributed by atoms with E-state index in [1.54, 1.807) is 18.2 Å². The Kier molecular flexibility index (Phi) is 4.37. The van der Waals surface area contributed by atoms with E-state index in [9.17, 15) is 8.42 Å². The molecule has 0 spiro atoms. The van der Waals surface area contributed by atoms with Gasteiger partial charge in [-0.3, -0.25) is 4.72 Å². The molecule has 1 aliphatic rings. The van der Waals surface area contributed by atoms with E-state index in [1.165, 1.54) is 19.2 Å². The van der Waals surface area contributed by atoms with Crippen LogP contribution >= 0.6 is 22.9 Å². The third-order valence-corrected chi connectivity index (χ3v) is 7.07. The molecule has 0 bridgehead atoms. The van der Waals surface area contributed by atoms with Gasteiger partial charge in [0.25, 0.3) is 15.9 Å². The van der Waals surface area contributed by atoms with E-state index in [-0.39, 0.29) is 4.21 Å². The van der Waals surface area contributed by atoms with E-state index < -0.39 is 10.0 Å². The van der Waals surface area contributed by atoms with Gasteiger partial charge in [-0.25, -0.2) is 8.42 Å². The molecule has 7 nitrogen and oxygen atoms in total. The summed E-state index contributed by atoms with van der Waals surface area (Å²) in [6.07, 6.45) is 2.11. The second-order valence-corrected chi connectivity index (χ2v) is 9.19. The molecule has 2 aromatic heterocycles. The Labute approximate surface area is 159 Å². The highest BCUT2D eigenvalue weighted by Crippen LogP contribution is 2.41. The molecule has 1 N–H and O–H groups in total. The minimum Gasteiger partial charge on any atom is -0.495 e. The first-order valence-corrected chi connectivity index (χ1v) is 10.4. The van der Waals surface area contributed by atoms with Crippen molar-refractivity contribution in [2.24, 2.45) is 0 Å². The van der Waals surface area contributed by atoms with Crippen LogP contribution in [0.5, 0.6) is 5.75 Å². The zero-order chi connectivity index (χ0) is 18.3. The number of ether oxygens (including phenoxy) is 1. The molecule has 2 heterocycles. The van der Waals surface area contributed by atoms with E-state index in [1.807, 2.05) is 0 Å². The van der Waals surface area contributed by atoms with Gasteiger partial charge < -0.3 is 9.15 Å². The van der Waals surface area contributed by atoms with E-state index in [0.717, 1.165) is 24.2 Å². The number of nitrogens with zero attached hydrogens (tertiary/aromatic N) is 2.